The van der Waals surface area contributed by atoms with Crippen molar-refractivity contribution in [1.82, 2.24) is 25.0 Å². The number of rotatable bonds is 8. The summed E-state index contributed by atoms with van der Waals surface area (Å²) in [6.07, 6.45) is 7.95. The number of pyridine rings is 1. The average Bonchev–Trinajstić information content (AvgIpc) is 3.59. The second-order valence-corrected chi connectivity index (χ2v) is 11.0. The number of nitrogens with two attached hydrogens (primary N) is 1. The zero-order chi connectivity index (χ0) is 27.9. The van der Waals surface area contributed by atoms with Crippen LogP contribution in [0.15, 0.2) is 46.8 Å². The predicted octanol–water partition coefficient (Wildman–Crippen LogP) is 2.41. The molecule has 0 radical (unpaired) electrons. The quantitative estimate of drug-likeness (QED) is 0.454. The Kier molecular flexibility index (Phi) is 7.13. The Morgan fingerprint density at radius 1 is 1.20 bits per heavy atom. The second kappa shape index (κ2) is 10.6. The maximum Gasteiger partial charge on any atom is 0.433 e. The second-order valence-electron chi connectivity index (χ2n) is 11.0. The third kappa shape index (κ3) is 5.13. The monoisotopic (exact) mass is 558 g/mol. The van der Waals surface area contributed by atoms with Crippen molar-refractivity contribution in [2.75, 3.05) is 26.2 Å². The van der Waals surface area contributed by atoms with Gasteiger partial charge in [0, 0.05) is 50.1 Å². The normalized spacial score (nSPS) is 28.6. The van der Waals surface area contributed by atoms with Crippen LogP contribution in [0.5, 0.6) is 5.88 Å². The van der Waals surface area contributed by atoms with Gasteiger partial charge in [-0.3, -0.25) is 14.6 Å². The van der Waals surface area contributed by atoms with E-state index in [1.165, 1.54) is 6.07 Å². The molecule has 0 spiro atoms. The zero-order valence-corrected chi connectivity index (χ0v) is 22.0. The maximum absolute atomic E-state index is 13.3. The Balaban J connectivity index is 1.05. The van der Waals surface area contributed by atoms with Crippen LogP contribution in [0.1, 0.15) is 48.5 Å². The summed E-state index contributed by atoms with van der Waals surface area (Å²) in [7, 11) is 0. The van der Waals surface area contributed by atoms with Gasteiger partial charge in [0.25, 0.3) is 0 Å². The Morgan fingerprint density at radius 2 is 2.00 bits per heavy atom. The lowest BCUT2D eigenvalue weighted by Crippen LogP contribution is -2.61. The summed E-state index contributed by atoms with van der Waals surface area (Å²) in [6.45, 7) is 1.79. The first-order valence-corrected chi connectivity index (χ1v) is 13.7. The van der Waals surface area contributed by atoms with Gasteiger partial charge in [-0.25, -0.2) is 9.98 Å². The summed E-state index contributed by atoms with van der Waals surface area (Å²) in [5.41, 5.74) is 6.41. The lowest BCUT2D eigenvalue weighted by atomic mass is 9.71. The van der Waals surface area contributed by atoms with E-state index in [1.54, 1.807) is 6.34 Å². The van der Waals surface area contributed by atoms with Crippen LogP contribution in [0.4, 0.5) is 13.2 Å². The van der Waals surface area contributed by atoms with Crippen molar-refractivity contribution in [2.45, 2.75) is 62.0 Å². The summed E-state index contributed by atoms with van der Waals surface area (Å²) < 4.78 is 47.8. The number of hydrogen-bond acceptors (Lipinski definition) is 9. The lowest BCUT2D eigenvalue weighted by Gasteiger charge is -2.52. The minimum atomic E-state index is -4.58. The van der Waals surface area contributed by atoms with Crippen molar-refractivity contribution in [3.8, 4) is 5.88 Å². The summed E-state index contributed by atoms with van der Waals surface area (Å²) in [5, 5.41) is 17.0. The number of ether oxygens (including phenoxy) is 1. The number of fused-ring (bicyclic) bond motifs is 1. The van der Waals surface area contributed by atoms with E-state index in [0.717, 1.165) is 43.4 Å². The van der Waals surface area contributed by atoms with E-state index in [0.29, 0.717) is 31.0 Å². The molecule has 0 bridgehead atoms. The fourth-order valence-corrected chi connectivity index (χ4v) is 6.20. The standard InChI is InChI=1S/C27H33F3N8O2/c28-27(29,30)22-9-17(4-8-39)10-23(36-22)40-20-2-6-37(7-3-20)19-11-26(12-19,15-31)38-14-18(13-35-38)24-21-1-5-32-25(21)34-16-33-24/h1,5,9-10,13-14,16,19-21,24,39H,2-4,6-8,11-12,15,31H2,(H,32,33,34). The molecular weight excluding hydrogens is 525 g/mol. The van der Waals surface area contributed by atoms with Gasteiger partial charge >= 0.3 is 6.18 Å². The summed E-state index contributed by atoms with van der Waals surface area (Å²) in [5.74, 6) is 0.940. The summed E-state index contributed by atoms with van der Waals surface area (Å²) >= 11 is 0. The highest BCUT2D eigenvalue weighted by molar-refractivity contribution is 5.96. The summed E-state index contributed by atoms with van der Waals surface area (Å²) in [4.78, 5) is 15.0. The molecule has 5 heterocycles. The minimum absolute atomic E-state index is 0.0402. The van der Waals surface area contributed by atoms with Crippen molar-refractivity contribution in [1.29, 1.82) is 0 Å². The van der Waals surface area contributed by atoms with Gasteiger partial charge in [-0.15, -0.1) is 0 Å². The van der Waals surface area contributed by atoms with Gasteiger partial charge in [-0.05, 0) is 49.9 Å². The molecule has 2 aromatic rings. The van der Waals surface area contributed by atoms with E-state index < -0.39 is 11.9 Å². The third-order valence-corrected chi connectivity index (χ3v) is 8.49. The van der Waals surface area contributed by atoms with Crippen LogP contribution in [0.2, 0.25) is 0 Å². The number of aromatic nitrogens is 3. The summed E-state index contributed by atoms with van der Waals surface area (Å²) in [6, 6.07) is 2.74. The number of nitrogens with zero attached hydrogens (tertiary/aromatic N) is 6. The molecule has 1 aliphatic carbocycles. The van der Waals surface area contributed by atoms with E-state index >= 15 is 0 Å². The number of aliphatic imine (C=N–C) groups is 2. The van der Waals surface area contributed by atoms with Crippen LogP contribution in [-0.2, 0) is 18.1 Å². The largest absolute Gasteiger partial charge is 0.474 e. The molecule has 6 rings (SSSR count). The average molecular weight is 559 g/mol. The van der Waals surface area contributed by atoms with E-state index in [4.69, 9.17) is 15.6 Å². The van der Waals surface area contributed by atoms with Crippen LogP contribution in [0.3, 0.4) is 0 Å². The van der Waals surface area contributed by atoms with Gasteiger partial charge in [0.2, 0.25) is 5.88 Å². The third-order valence-electron chi connectivity index (χ3n) is 8.49. The highest BCUT2D eigenvalue weighted by Gasteiger charge is 2.48. The Hall–Kier alpha value is -3.29. The first-order chi connectivity index (χ1) is 19.3. The molecule has 214 valence electrons. The lowest BCUT2D eigenvalue weighted by molar-refractivity contribution is -0.141. The van der Waals surface area contributed by atoms with Gasteiger partial charge in [0.15, 0.2) is 0 Å². The minimum Gasteiger partial charge on any atom is -0.474 e. The van der Waals surface area contributed by atoms with Crippen LogP contribution in [0, 0.1) is 5.92 Å². The highest BCUT2D eigenvalue weighted by Crippen LogP contribution is 2.43. The molecule has 13 heteroatoms. The number of aliphatic hydroxyl groups is 1. The number of alkyl halides is 3. The molecular formula is C27H33F3N8O2. The topological polar surface area (TPSA) is 126 Å². The Morgan fingerprint density at radius 3 is 2.73 bits per heavy atom. The van der Waals surface area contributed by atoms with E-state index in [-0.39, 0.29) is 42.5 Å². The van der Waals surface area contributed by atoms with Crippen molar-refractivity contribution in [3.63, 3.8) is 0 Å². The number of likely N-dealkylation sites (tertiary alicyclic amines) is 1. The smallest absolute Gasteiger partial charge is 0.433 e. The van der Waals surface area contributed by atoms with Crippen molar-refractivity contribution in [2.24, 2.45) is 21.6 Å². The van der Waals surface area contributed by atoms with Gasteiger partial charge in [-0.1, -0.05) is 6.08 Å². The molecule has 4 N–H and O–H groups in total. The molecule has 3 aliphatic heterocycles. The fourth-order valence-electron chi connectivity index (χ4n) is 6.20. The van der Waals surface area contributed by atoms with Crippen molar-refractivity contribution < 1.29 is 23.0 Å². The van der Waals surface area contributed by atoms with Crippen LogP contribution in [-0.4, -0.2) is 75.3 Å². The molecule has 2 aromatic heterocycles. The zero-order valence-electron chi connectivity index (χ0n) is 22.0. The van der Waals surface area contributed by atoms with E-state index in [1.807, 2.05) is 17.1 Å². The van der Waals surface area contributed by atoms with Crippen LogP contribution >= 0.6 is 0 Å². The molecule has 2 fully saturated rings. The molecule has 0 amide bonds. The van der Waals surface area contributed by atoms with Gasteiger partial charge in [-0.2, -0.15) is 18.3 Å². The first kappa shape index (κ1) is 26.9. The van der Waals surface area contributed by atoms with Crippen LogP contribution in [0.25, 0.3) is 0 Å². The highest BCUT2D eigenvalue weighted by atomic mass is 19.4. The molecule has 4 aliphatic rings. The van der Waals surface area contributed by atoms with Crippen molar-refractivity contribution >= 4 is 12.2 Å². The Bertz CT molecular complexity index is 1310. The van der Waals surface area contributed by atoms with E-state index in [9.17, 15) is 18.3 Å². The van der Waals surface area contributed by atoms with Crippen molar-refractivity contribution in [3.05, 3.63) is 53.6 Å². The van der Waals surface area contributed by atoms with Crippen LogP contribution < -0.4 is 15.8 Å². The Labute approximate surface area is 229 Å². The molecule has 2 unspecified atom stereocenters. The van der Waals surface area contributed by atoms with Gasteiger partial charge < -0.3 is 20.9 Å². The molecule has 2 atom stereocenters. The number of halogens is 3. The number of nitrogens with one attached hydrogen (secondary N) is 1. The molecule has 1 saturated carbocycles. The predicted molar refractivity (Wildman–Crippen MR) is 142 cm³/mol. The molecule has 1 saturated heterocycles. The number of hydrogen-bond donors (Lipinski definition) is 3. The number of aliphatic hydroxyl groups excluding tert-OH is 1. The fraction of sp³-hybridized carbons (Fsp3) is 0.556. The molecule has 0 aromatic carbocycles. The molecule has 10 nitrogen and oxygen atoms in total. The van der Waals surface area contributed by atoms with Gasteiger partial charge in [0.05, 0.1) is 23.7 Å². The number of piperidine rings is 1. The van der Waals surface area contributed by atoms with E-state index in [2.05, 4.69) is 37.5 Å². The maximum atomic E-state index is 13.3. The van der Waals surface area contributed by atoms with Gasteiger partial charge in [0.1, 0.15) is 24.0 Å². The number of amidine groups is 1. The SMILES string of the molecule is NCC1(n2cc(C3N=CN=C4NC=CC43)cn2)CC(N2CCC(Oc3cc(CCO)cc(C(F)(F)F)n3)CC2)C1. The first-order valence-electron chi connectivity index (χ1n) is 13.7. The molecule has 40 heavy (non-hydrogen) atoms.